The van der Waals surface area contributed by atoms with Crippen LogP contribution in [0.15, 0.2) is 12.2 Å². The minimum absolute atomic E-state index is 0.0253. The standard InChI is InChI=1S/C10H17NO2/c1-8(2)7-10(5-4-6-12)11-9(3)13/h4-6,8,10H,7H2,1-3H3,(H,11,13). The largest absolute Gasteiger partial charge is 0.350 e. The Kier molecular flexibility index (Phi) is 5.85. The number of carbonyl (C=O) groups excluding carboxylic acids is 2. The molecule has 0 spiro atoms. The first-order valence-corrected chi connectivity index (χ1v) is 4.45. The van der Waals surface area contributed by atoms with E-state index in [1.807, 2.05) is 0 Å². The molecule has 1 atom stereocenters. The topological polar surface area (TPSA) is 46.2 Å². The molecule has 0 fully saturated rings. The van der Waals surface area contributed by atoms with Gasteiger partial charge in [0, 0.05) is 13.0 Å². The van der Waals surface area contributed by atoms with Crippen molar-refractivity contribution in [1.82, 2.24) is 5.32 Å². The van der Waals surface area contributed by atoms with Crippen molar-refractivity contribution in [2.24, 2.45) is 5.92 Å². The lowest BCUT2D eigenvalue weighted by molar-refractivity contribution is -0.119. The summed E-state index contributed by atoms with van der Waals surface area (Å²) in [6.45, 7) is 5.62. The van der Waals surface area contributed by atoms with Crippen molar-refractivity contribution in [2.45, 2.75) is 33.2 Å². The van der Waals surface area contributed by atoms with Gasteiger partial charge in [-0.15, -0.1) is 0 Å². The predicted molar refractivity (Wildman–Crippen MR) is 52.3 cm³/mol. The summed E-state index contributed by atoms with van der Waals surface area (Å²) in [5.74, 6) is 0.425. The highest BCUT2D eigenvalue weighted by atomic mass is 16.1. The molecule has 0 aliphatic carbocycles. The molecule has 0 heterocycles. The molecule has 0 bridgehead atoms. The number of aldehydes is 1. The highest BCUT2D eigenvalue weighted by Gasteiger charge is 2.07. The van der Waals surface area contributed by atoms with Crippen LogP contribution in [0.1, 0.15) is 27.2 Å². The number of nitrogens with one attached hydrogen (secondary N) is 1. The third-order valence-corrected chi connectivity index (χ3v) is 1.54. The number of allylic oxidation sites excluding steroid dienone is 1. The van der Waals surface area contributed by atoms with Crippen LogP contribution in [0.2, 0.25) is 0 Å². The molecule has 0 aromatic rings. The van der Waals surface area contributed by atoms with E-state index >= 15 is 0 Å². The lowest BCUT2D eigenvalue weighted by atomic mass is 10.0. The normalized spacial score (nSPS) is 13.2. The number of hydrogen-bond acceptors (Lipinski definition) is 2. The van der Waals surface area contributed by atoms with Gasteiger partial charge < -0.3 is 5.32 Å². The third-order valence-electron chi connectivity index (χ3n) is 1.54. The summed E-state index contributed by atoms with van der Waals surface area (Å²) in [5.41, 5.74) is 0. The van der Waals surface area contributed by atoms with Crippen LogP contribution < -0.4 is 5.32 Å². The van der Waals surface area contributed by atoms with Crippen LogP contribution in [0.5, 0.6) is 0 Å². The Morgan fingerprint density at radius 3 is 2.46 bits per heavy atom. The quantitative estimate of drug-likeness (QED) is 0.515. The van der Waals surface area contributed by atoms with Gasteiger partial charge in [0.2, 0.25) is 5.91 Å². The molecule has 0 radical (unpaired) electrons. The van der Waals surface area contributed by atoms with Gasteiger partial charge in [-0.3, -0.25) is 9.59 Å². The minimum atomic E-state index is -0.0683. The Labute approximate surface area is 79.2 Å². The Bertz CT molecular complexity index is 197. The van der Waals surface area contributed by atoms with Gasteiger partial charge in [0.25, 0.3) is 0 Å². The Morgan fingerprint density at radius 1 is 1.46 bits per heavy atom. The Hall–Kier alpha value is -1.12. The van der Waals surface area contributed by atoms with Gasteiger partial charge in [-0.25, -0.2) is 0 Å². The average molecular weight is 183 g/mol. The van der Waals surface area contributed by atoms with Crippen molar-refractivity contribution in [3.05, 3.63) is 12.2 Å². The predicted octanol–water partition coefficient (Wildman–Crippen LogP) is 1.29. The number of amides is 1. The van der Waals surface area contributed by atoms with E-state index in [2.05, 4.69) is 19.2 Å². The molecule has 13 heavy (non-hydrogen) atoms. The summed E-state index contributed by atoms with van der Waals surface area (Å²) in [6, 6.07) is -0.0253. The molecular formula is C10H17NO2. The molecule has 1 N–H and O–H groups in total. The second kappa shape index (κ2) is 6.40. The van der Waals surface area contributed by atoms with Crippen LogP contribution in [0.25, 0.3) is 0 Å². The molecule has 0 saturated heterocycles. The fraction of sp³-hybridized carbons (Fsp3) is 0.600. The van der Waals surface area contributed by atoms with Gasteiger partial charge in [-0.2, -0.15) is 0 Å². The van der Waals surface area contributed by atoms with Crippen LogP contribution in [0, 0.1) is 5.92 Å². The van der Waals surface area contributed by atoms with Crippen LogP contribution in [-0.2, 0) is 9.59 Å². The maximum Gasteiger partial charge on any atom is 0.217 e. The zero-order valence-corrected chi connectivity index (χ0v) is 8.41. The molecule has 3 heteroatoms. The fourth-order valence-corrected chi connectivity index (χ4v) is 1.13. The summed E-state index contributed by atoms with van der Waals surface area (Å²) in [7, 11) is 0. The van der Waals surface area contributed by atoms with E-state index in [1.54, 1.807) is 6.08 Å². The minimum Gasteiger partial charge on any atom is -0.350 e. The third kappa shape index (κ3) is 7.25. The van der Waals surface area contributed by atoms with Crippen molar-refractivity contribution in [1.29, 1.82) is 0 Å². The van der Waals surface area contributed by atoms with Crippen LogP contribution in [0.3, 0.4) is 0 Å². The van der Waals surface area contributed by atoms with E-state index in [9.17, 15) is 9.59 Å². The van der Waals surface area contributed by atoms with Crippen LogP contribution in [-0.4, -0.2) is 18.2 Å². The molecule has 0 aromatic heterocycles. The van der Waals surface area contributed by atoms with E-state index in [0.717, 1.165) is 12.7 Å². The van der Waals surface area contributed by atoms with Gasteiger partial charge in [0.15, 0.2) is 0 Å². The molecule has 0 aliphatic heterocycles. The van der Waals surface area contributed by atoms with E-state index in [0.29, 0.717) is 5.92 Å². The maximum absolute atomic E-state index is 10.8. The van der Waals surface area contributed by atoms with Gasteiger partial charge in [-0.1, -0.05) is 19.9 Å². The van der Waals surface area contributed by atoms with Crippen molar-refractivity contribution >= 4 is 12.2 Å². The lowest BCUT2D eigenvalue weighted by Crippen LogP contribution is -2.32. The smallest absolute Gasteiger partial charge is 0.217 e. The zero-order valence-electron chi connectivity index (χ0n) is 8.41. The van der Waals surface area contributed by atoms with Gasteiger partial charge in [0.05, 0.1) is 0 Å². The van der Waals surface area contributed by atoms with E-state index in [4.69, 9.17) is 0 Å². The SMILES string of the molecule is CC(=O)NC(C=CC=O)CC(C)C. The first kappa shape index (κ1) is 11.9. The Morgan fingerprint density at radius 2 is 2.08 bits per heavy atom. The van der Waals surface area contributed by atoms with Crippen molar-refractivity contribution < 1.29 is 9.59 Å². The second-order valence-electron chi connectivity index (χ2n) is 3.46. The summed E-state index contributed by atoms with van der Waals surface area (Å²) in [5, 5.41) is 2.76. The summed E-state index contributed by atoms with van der Waals surface area (Å²) in [4.78, 5) is 20.8. The van der Waals surface area contributed by atoms with Gasteiger partial charge >= 0.3 is 0 Å². The molecule has 0 aliphatic rings. The first-order valence-electron chi connectivity index (χ1n) is 4.45. The molecule has 1 unspecified atom stereocenters. The highest BCUT2D eigenvalue weighted by molar-refractivity contribution is 5.73. The second-order valence-corrected chi connectivity index (χ2v) is 3.46. The van der Waals surface area contributed by atoms with E-state index in [-0.39, 0.29) is 11.9 Å². The summed E-state index contributed by atoms with van der Waals surface area (Å²) >= 11 is 0. The van der Waals surface area contributed by atoms with E-state index in [1.165, 1.54) is 13.0 Å². The molecule has 0 saturated carbocycles. The van der Waals surface area contributed by atoms with Crippen molar-refractivity contribution in [3.63, 3.8) is 0 Å². The number of hydrogen-bond donors (Lipinski definition) is 1. The maximum atomic E-state index is 10.8. The Balaban J connectivity index is 4.09. The molecule has 3 nitrogen and oxygen atoms in total. The van der Waals surface area contributed by atoms with Crippen molar-refractivity contribution in [2.75, 3.05) is 0 Å². The lowest BCUT2D eigenvalue weighted by Gasteiger charge is -2.15. The van der Waals surface area contributed by atoms with Crippen molar-refractivity contribution in [3.8, 4) is 0 Å². The highest BCUT2D eigenvalue weighted by Crippen LogP contribution is 2.05. The fourth-order valence-electron chi connectivity index (χ4n) is 1.13. The van der Waals surface area contributed by atoms with E-state index < -0.39 is 0 Å². The molecule has 0 rings (SSSR count). The van der Waals surface area contributed by atoms with Crippen LogP contribution in [0.4, 0.5) is 0 Å². The first-order chi connectivity index (χ1) is 6.06. The monoisotopic (exact) mass is 183 g/mol. The van der Waals surface area contributed by atoms with Gasteiger partial charge in [-0.05, 0) is 18.4 Å². The van der Waals surface area contributed by atoms with Crippen LogP contribution >= 0.6 is 0 Å². The molecule has 74 valence electrons. The van der Waals surface area contributed by atoms with Gasteiger partial charge in [0.1, 0.15) is 6.29 Å². The molecular weight excluding hydrogens is 166 g/mol. The zero-order chi connectivity index (χ0) is 10.3. The summed E-state index contributed by atoms with van der Waals surface area (Å²) < 4.78 is 0. The molecule has 0 aromatic carbocycles. The average Bonchev–Trinajstić information content (AvgIpc) is 1.98. The summed E-state index contributed by atoms with van der Waals surface area (Å²) in [6.07, 6.45) is 4.70. The molecule has 1 amide bonds. The number of rotatable bonds is 5. The number of carbonyl (C=O) groups is 2.